The minimum Gasteiger partial charge on any atom is -0.380 e. The average molecular weight is 224 g/mol. The molecule has 1 atom stereocenters. The van der Waals surface area contributed by atoms with Gasteiger partial charge in [-0.2, -0.15) is 0 Å². The van der Waals surface area contributed by atoms with E-state index in [-0.39, 0.29) is 12.0 Å². The standard InChI is InChI=1S/C10H16N4O2/c1-7(16-3)4-14-10(15)8-5-13-9(11-2)6-12-8/h5-7H,4H2,1-3H3,(H,11,13)(H,14,15). The number of amides is 1. The van der Waals surface area contributed by atoms with Crippen LogP contribution >= 0.6 is 0 Å². The zero-order chi connectivity index (χ0) is 12.0. The van der Waals surface area contributed by atoms with Crippen LogP contribution in [0.4, 0.5) is 5.82 Å². The van der Waals surface area contributed by atoms with E-state index in [9.17, 15) is 4.79 Å². The Morgan fingerprint density at radius 1 is 1.50 bits per heavy atom. The predicted octanol–water partition coefficient (Wildman–Crippen LogP) is 0.283. The lowest BCUT2D eigenvalue weighted by Gasteiger charge is -2.10. The molecule has 6 heteroatoms. The van der Waals surface area contributed by atoms with Gasteiger partial charge in [0.15, 0.2) is 0 Å². The van der Waals surface area contributed by atoms with Gasteiger partial charge in [-0.1, -0.05) is 0 Å². The summed E-state index contributed by atoms with van der Waals surface area (Å²) >= 11 is 0. The third kappa shape index (κ3) is 3.47. The van der Waals surface area contributed by atoms with Crippen molar-refractivity contribution in [2.45, 2.75) is 13.0 Å². The fourth-order valence-corrected chi connectivity index (χ4v) is 0.985. The molecule has 0 spiro atoms. The Balaban J connectivity index is 2.52. The molecule has 1 aromatic heterocycles. The summed E-state index contributed by atoms with van der Waals surface area (Å²) in [5.74, 6) is 0.376. The average Bonchev–Trinajstić information content (AvgIpc) is 2.35. The molecule has 2 N–H and O–H groups in total. The summed E-state index contributed by atoms with van der Waals surface area (Å²) in [6.45, 7) is 2.32. The Kier molecular flexibility index (Phi) is 4.65. The molecule has 88 valence electrons. The summed E-state index contributed by atoms with van der Waals surface area (Å²) in [4.78, 5) is 19.6. The maximum absolute atomic E-state index is 11.6. The van der Waals surface area contributed by atoms with Gasteiger partial charge >= 0.3 is 0 Å². The van der Waals surface area contributed by atoms with Gasteiger partial charge in [0.25, 0.3) is 5.91 Å². The zero-order valence-electron chi connectivity index (χ0n) is 9.65. The van der Waals surface area contributed by atoms with Crippen LogP contribution in [-0.4, -0.2) is 42.7 Å². The Hall–Kier alpha value is -1.69. The molecule has 0 aliphatic rings. The highest BCUT2D eigenvalue weighted by Gasteiger charge is 2.08. The van der Waals surface area contributed by atoms with E-state index in [1.165, 1.54) is 12.4 Å². The number of nitrogens with zero attached hydrogens (tertiary/aromatic N) is 2. The van der Waals surface area contributed by atoms with E-state index in [2.05, 4.69) is 20.6 Å². The maximum Gasteiger partial charge on any atom is 0.271 e. The maximum atomic E-state index is 11.6. The third-order valence-corrected chi connectivity index (χ3v) is 2.09. The first-order valence-electron chi connectivity index (χ1n) is 4.98. The van der Waals surface area contributed by atoms with Crippen LogP contribution in [0.1, 0.15) is 17.4 Å². The third-order valence-electron chi connectivity index (χ3n) is 2.09. The summed E-state index contributed by atoms with van der Waals surface area (Å²) in [6, 6.07) is 0. The van der Waals surface area contributed by atoms with Gasteiger partial charge in [0.05, 0.1) is 18.5 Å². The normalized spacial score (nSPS) is 11.9. The topological polar surface area (TPSA) is 76.1 Å². The molecule has 0 radical (unpaired) electrons. The van der Waals surface area contributed by atoms with Crippen LogP contribution in [0.5, 0.6) is 0 Å². The van der Waals surface area contributed by atoms with Crippen molar-refractivity contribution in [3.05, 3.63) is 18.1 Å². The highest BCUT2D eigenvalue weighted by molar-refractivity contribution is 5.91. The van der Waals surface area contributed by atoms with Crippen molar-refractivity contribution >= 4 is 11.7 Å². The smallest absolute Gasteiger partial charge is 0.271 e. The molecule has 1 amide bonds. The molecule has 0 aliphatic carbocycles. The van der Waals surface area contributed by atoms with Crippen molar-refractivity contribution in [2.75, 3.05) is 26.0 Å². The summed E-state index contributed by atoms with van der Waals surface area (Å²) in [7, 11) is 3.34. The number of carbonyl (C=O) groups excluding carboxylic acids is 1. The Morgan fingerprint density at radius 2 is 2.25 bits per heavy atom. The van der Waals surface area contributed by atoms with Crippen molar-refractivity contribution < 1.29 is 9.53 Å². The number of rotatable bonds is 5. The molecule has 0 bridgehead atoms. The van der Waals surface area contributed by atoms with Crippen LogP contribution in [0.3, 0.4) is 0 Å². The molecule has 0 aliphatic heterocycles. The lowest BCUT2D eigenvalue weighted by atomic mass is 10.3. The van der Waals surface area contributed by atoms with Crippen molar-refractivity contribution in [1.29, 1.82) is 0 Å². The zero-order valence-corrected chi connectivity index (χ0v) is 9.65. The minimum absolute atomic E-state index is 0.0199. The summed E-state index contributed by atoms with van der Waals surface area (Å²) in [5.41, 5.74) is 0.294. The van der Waals surface area contributed by atoms with Crippen LogP contribution < -0.4 is 10.6 Å². The SMILES string of the molecule is CNc1cnc(C(=O)NCC(C)OC)cn1. The van der Waals surface area contributed by atoms with Gasteiger partial charge in [-0.25, -0.2) is 9.97 Å². The van der Waals surface area contributed by atoms with E-state index in [0.29, 0.717) is 18.1 Å². The van der Waals surface area contributed by atoms with E-state index >= 15 is 0 Å². The minimum atomic E-state index is -0.251. The highest BCUT2D eigenvalue weighted by atomic mass is 16.5. The van der Waals surface area contributed by atoms with E-state index < -0.39 is 0 Å². The molecule has 1 heterocycles. The molecular formula is C10H16N4O2. The number of hydrogen-bond acceptors (Lipinski definition) is 5. The first-order chi connectivity index (χ1) is 7.67. The van der Waals surface area contributed by atoms with Gasteiger partial charge in [0, 0.05) is 20.7 Å². The van der Waals surface area contributed by atoms with Gasteiger partial charge in [0.2, 0.25) is 0 Å². The second-order valence-electron chi connectivity index (χ2n) is 3.29. The molecular weight excluding hydrogens is 208 g/mol. The monoisotopic (exact) mass is 224 g/mol. The van der Waals surface area contributed by atoms with Crippen molar-refractivity contribution in [3.63, 3.8) is 0 Å². The lowest BCUT2D eigenvalue weighted by Crippen LogP contribution is -2.32. The first-order valence-corrected chi connectivity index (χ1v) is 4.98. The van der Waals surface area contributed by atoms with E-state index in [1.54, 1.807) is 14.2 Å². The van der Waals surface area contributed by atoms with Crippen molar-refractivity contribution in [2.24, 2.45) is 0 Å². The van der Waals surface area contributed by atoms with Gasteiger partial charge < -0.3 is 15.4 Å². The van der Waals surface area contributed by atoms with Gasteiger partial charge in [-0.15, -0.1) is 0 Å². The fourth-order valence-electron chi connectivity index (χ4n) is 0.985. The summed E-state index contributed by atoms with van der Waals surface area (Å²) in [5, 5.41) is 5.53. The predicted molar refractivity (Wildman–Crippen MR) is 60.4 cm³/mol. The Labute approximate surface area is 94.4 Å². The number of hydrogen-bond donors (Lipinski definition) is 2. The molecule has 0 saturated heterocycles. The van der Waals surface area contributed by atoms with Crippen LogP contribution in [-0.2, 0) is 4.74 Å². The molecule has 1 rings (SSSR count). The molecule has 16 heavy (non-hydrogen) atoms. The highest BCUT2D eigenvalue weighted by Crippen LogP contribution is 1.99. The van der Waals surface area contributed by atoms with Crippen molar-refractivity contribution in [1.82, 2.24) is 15.3 Å². The van der Waals surface area contributed by atoms with Gasteiger partial charge in [0.1, 0.15) is 11.5 Å². The first kappa shape index (κ1) is 12.4. The second-order valence-corrected chi connectivity index (χ2v) is 3.29. The van der Waals surface area contributed by atoms with Crippen molar-refractivity contribution in [3.8, 4) is 0 Å². The number of carbonyl (C=O) groups is 1. The number of nitrogens with one attached hydrogen (secondary N) is 2. The molecule has 0 fully saturated rings. The van der Waals surface area contributed by atoms with Crippen LogP contribution in [0.25, 0.3) is 0 Å². The molecule has 1 aromatic rings. The van der Waals surface area contributed by atoms with E-state index in [0.717, 1.165) is 0 Å². The number of methoxy groups -OCH3 is 1. The summed E-state index contributed by atoms with van der Waals surface area (Å²) in [6.07, 6.45) is 2.92. The van der Waals surface area contributed by atoms with Gasteiger partial charge in [-0.3, -0.25) is 4.79 Å². The van der Waals surface area contributed by atoms with Gasteiger partial charge in [-0.05, 0) is 6.92 Å². The second kappa shape index (κ2) is 6.02. The number of aromatic nitrogens is 2. The fraction of sp³-hybridized carbons (Fsp3) is 0.500. The lowest BCUT2D eigenvalue weighted by molar-refractivity contribution is 0.0866. The summed E-state index contributed by atoms with van der Waals surface area (Å²) < 4.78 is 5.01. The number of anilines is 1. The quantitative estimate of drug-likeness (QED) is 0.751. The molecule has 0 saturated carbocycles. The van der Waals surface area contributed by atoms with Crippen LogP contribution in [0, 0.1) is 0 Å². The Bertz CT molecular complexity index is 339. The van der Waals surface area contributed by atoms with Crippen LogP contribution in [0.2, 0.25) is 0 Å². The molecule has 0 aromatic carbocycles. The number of ether oxygens (including phenoxy) is 1. The van der Waals surface area contributed by atoms with Crippen LogP contribution in [0.15, 0.2) is 12.4 Å². The molecule has 1 unspecified atom stereocenters. The largest absolute Gasteiger partial charge is 0.380 e. The van der Waals surface area contributed by atoms with E-state index in [4.69, 9.17) is 4.74 Å². The Morgan fingerprint density at radius 3 is 2.75 bits per heavy atom. The van der Waals surface area contributed by atoms with E-state index in [1.807, 2.05) is 6.92 Å². The molecule has 6 nitrogen and oxygen atoms in total.